The topological polar surface area (TPSA) is 103 Å². The summed E-state index contributed by atoms with van der Waals surface area (Å²) in [6.45, 7) is 3.56. The zero-order chi connectivity index (χ0) is 26.6. The van der Waals surface area contributed by atoms with Gasteiger partial charge in [-0.05, 0) is 49.3 Å². The summed E-state index contributed by atoms with van der Waals surface area (Å²) in [5, 5.41) is 0.571. The summed E-state index contributed by atoms with van der Waals surface area (Å²) in [6, 6.07) is 6.32. The largest absolute Gasteiger partial charge is 0.434 e. The van der Waals surface area contributed by atoms with Crippen molar-refractivity contribution in [3.05, 3.63) is 35.4 Å². The molecule has 0 bridgehead atoms. The van der Waals surface area contributed by atoms with Gasteiger partial charge in [-0.1, -0.05) is 30.5 Å². The van der Waals surface area contributed by atoms with Crippen LogP contribution < -0.4 is 0 Å². The monoisotopic (exact) mass is 539 g/mol. The van der Waals surface area contributed by atoms with Crippen molar-refractivity contribution in [2.75, 3.05) is 59.0 Å². The Hall–Kier alpha value is -3.78. The third kappa shape index (κ3) is 6.11. The van der Waals surface area contributed by atoms with E-state index in [1.54, 1.807) is 14.7 Å². The summed E-state index contributed by atoms with van der Waals surface area (Å²) >= 11 is 0. The van der Waals surface area contributed by atoms with Crippen LogP contribution in [0.25, 0.3) is 0 Å². The van der Waals surface area contributed by atoms with Crippen molar-refractivity contribution in [1.82, 2.24) is 24.7 Å². The van der Waals surface area contributed by atoms with Crippen molar-refractivity contribution in [3.63, 3.8) is 0 Å². The van der Waals surface area contributed by atoms with Gasteiger partial charge in [-0.3, -0.25) is 4.79 Å². The number of imide groups is 1. The van der Waals surface area contributed by atoms with Gasteiger partial charge in [0.1, 0.15) is 6.04 Å². The van der Waals surface area contributed by atoms with Crippen molar-refractivity contribution in [3.8, 4) is 12.3 Å². The van der Waals surface area contributed by atoms with Gasteiger partial charge in [-0.2, -0.15) is 0 Å². The van der Waals surface area contributed by atoms with E-state index >= 15 is 0 Å². The fourth-order valence-corrected chi connectivity index (χ4v) is 5.46. The minimum atomic E-state index is -0.852. The number of hydrogen-bond acceptors (Lipinski definition) is 6. The maximum absolute atomic E-state index is 13.0. The van der Waals surface area contributed by atoms with Crippen molar-refractivity contribution < 1.29 is 28.8 Å². The van der Waals surface area contributed by atoms with Crippen molar-refractivity contribution in [2.45, 2.75) is 39.2 Å². The Morgan fingerprint density at radius 2 is 1.64 bits per heavy atom. The lowest BCUT2D eigenvalue weighted by Gasteiger charge is -2.38. The van der Waals surface area contributed by atoms with E-state index in [0.717, 1.165) is 31.2 Å². The Bertz CT molecular complexity index is 1100. The number of nitrogens with zero attached hydrogens (tertiary/aromatic N) is 5. The number of rotatable bonds is 4. The van der Waals surface area contributed by atoms with Gasteiger partial charge in [0.15, 0.2) is 0 Å². The highest BCUT2D eigenvalue weighted by Gasteiger charge is 2.51. The average Bonchev–Trinajstić information content (AvgIpc) is 3.20. The number of hydrogen-bond donors (Lipinski definition) is 0. The molecular weight excluding hydrogens is 502 g/mol. The zero-order valence-corrected chi connectivity index (χ0v) is 21.4. The van der Waals surface area contributed by atoms with E-state index in [4.69, 9.17) is 16.0 Å². The molecule has 0 N–H and O–H groups in total. The van der Waals surface area contributed by atoms with Crippen LogP contribution in [0.3, 0.4) is 0 Å². The van der Waals surface area contributed by atoms with Gasteiger partial charge in [0.25, 0.3) is 5.91 Å². The number of morpholine rings is 1. The number of ether oxygens (including phenoxy) is 1. The SMILES string of the molecule is C.C#Cc1ccc(CCC2CCN(C(=O)ON3C(=O)C4CN(C(=O)N5CCOCC5)CCN4C3=O)CC2)cc1. The van der Waals surface area contributed by atoms with Crippen molar-refractivity contribution in [1.29, 1.82) is 0 Å². The molecule has 4 aliphatic rings. The van der Waals surface area contributed by atoms with E-state index in [2.05, 4.69) is 18.1 Å². The van der Waals surface area contributed by atoms with E-state index in [0.29, 0.717) is 56.9 Å². The van der Waals surface area contributed by atoms with Crippen LogP contribution in [0.15, 0.2) is 24.3 Å². The molecule has 5 rings (SSSR count). The second kappa shape index (κ2) is 12.4. The highest BCUT2D eigenvalue weighted by Crippen LogP contribution is 2.26. The Kier molecular flexibility index (Phi) is 8.97. The van der Waals surface area contributed by atoms with Crippen LogP contribution in [-0.4, -0.2) is 114 Å². The van der Waals surface area contributed by atoms with Gasteiger partial charge < -0.3 is 29.2 Å². The predicted octanol–water partition coefficient (Wildman–Crippen LogP) is 2.40. The molecule has 39 heavy (non-hydrogen) atoms. The summed E-state index contributed by atoms with van der Waals surface area (Å²) in [7, 11) is 0. The molecule has 11 nitrogen and oxygen atoms in total. The number of carbonyl (C=O) groups excluding carboxylic acids is 4. The first-order chi connectivity index (χ1) is 18.4. The van der Waals surface area contributed by atoms with Crippen LogP contribution in [0.5, 0.6) is 0 Å². The molecule has 0 spiro atoms. The summed E-state index contributed by atoms with van der Waals surface area (Å²) in [4.78, 5) is 63.0. The average molecular weight is 540 g/mol. The van der Waals surface area contributed by atoms with Crippen LogP contribution >= 0.6 is 0 Å². The number of likely N-dealkylation sites (tertiary alicyclic amines) is 1. The molecule has 0 radical (unpaired) electrons. The molecular formula is C28H37N5O6. The maximum atomic E-state index is 13.0. The molecule has 1 aromatic rings. The third-order valence-corrected chi connectivity index (χ3v) is 7.84. The van der Waals surface area contributed by atoms with E-state index in [1.165, 1.54) is 10.5 Å². The number of carbonyl (C=O) groups is 4. The number of hydroxylamine groups is 2. The minimum Gasteiger partial charge on any atom is -0.378 e. The Labute approximate surface area is 229 Å². The number of piperazine rings is 1. The van der Waals surface area contributed by atoms with E-state index in [9.17, 15) is 19.2 Å². The van der Waals surface area contributed by atoms with Crippen molar-refractivity contribution >= 4 is 24.1 Å². The quantitative estimate of drug-likeness (QED) is 0.430. The van der Waals surface area contributed by atoms with Crippen molar-refractivity contribution in [2.24, 2.45) is 5.92 Å². The normalized spacial score (nSPS) is 21.8. The molecule has 0 aromatic heterocycles. The molecule has 0 aliphatic carbocycles. The van der Waals surface area contributed by atoms with Crippen LogP contribution in [0.2, 0.25) is 0 Å². The lowest BCUT2D eigenvalue weighted by molar-refractivity contribution is -0.152. The zero-order valence-electron chi connectivity index (χ0n) is 21.4. The predicted molar refractivity (Wildman–Crippen MR) is 142 cm³/mol. The minimum absolute atomic E-state index is 0. The summed E-state index contributed by atoms with van der Waals surface area (Å²) in [6.07, 6.45) is 8.32. The second-order valence-electron chi connectivity index (χ2n) is 10.1. The van der Waals surface area contributed by atoms with Crippen LogP contribution in [-0.2, 0) is 20.8 Å². The van der Waals surface area contributed by atoms with E-state index < -0.39 is 24.1 Å². The number of aryl methyl sites for hydroxylation is 1. The lowest BCUT2D eigenvalue weighted by Crippen LogP contribution is -2.58. The number of amides is 6. The maximum Gasteiger partial charge on any atom is 0.434 e. The molecule has 4 aliphatic heterocycles. The molecule has 0 saturated carbocycles. The number of urea groups is 2. The Balaban J connectivity index is 0.00000353. The Morgan fingerprint density at radius 1 is 0.949 bits per heavy atom. The molecule has 1 aromatic carbocycles. The number of piperidine rings is 1. The molecule has 4 fully saturated rings. The highest BCUT2D eigenvalue weighted by atomic mass is 16.7. The molecule has 4 heterocycles. The first kappa shape index (κ1) is 28.2. The fourth-order valence-electron chi connectivity index (χ4n) is 5.46. The molecule has 1 atom stereocenters. The number of fused-ring (bicyclic) bond motifs is 1. The van der Waals surface area contributed by atoms with Crippen LogP contribution in [0.1, 0.15) is 37.8 Å². The third-order valence-electron chi connectivity index (χ3n) is 7.84. The smallest absolute Gasteiger partial charge is 0.378 e. The van der Waals surface area contributed by atoms with Gasteiger partial charge >= 0.3 is 18.2 Å². The van der Waals surface area contributed by atoms with Gasteiger partial charge in [0.2, 0.25) is 0 Å². The first-order valence-corrected chi connectivity index (χ1v) is 13.2. The van der Waals surface area contributed by atoms with Gasteiger partial charge in [0, 0.05) is 44.8 Å². The number of benzene rings is 1. The molecule has 210 valence electrons. The van der Waals surface area contributed by atoms with E-state index in [1.807, 2.05) is 12.1 Å². The first-order valence-electron chi connectivity index (χ1n) is 13.2. The van der Waals surface area contributed by atoms with Gasteiger partial charge in [-0.25, -0.2) is 14.4 Å². The lowest BCUT2D eigenvalue weighted by atomic mass is 9.90. The second-order valence-corrected chi connectivity index (χ2v) is 10.1. The van der Waals surface area contributed by atoms with Crippen LogP contribution in [0.4, 0.5) is 14.4 Å². The Morgan fingerprint density at radius 3 is 2.31 bits per heavy atom. The standard InChI is InChI=1S/C27H33N5O6.CH4/c1-2-20-3-5-21(6-4-20)7-8-22-9-11-29(12-10-22)27(36)38-32-24(33)23-19-30(13-14-31(23)26(32)35)25(34)28-15-17-37-18-16-28;/h1,3-6,22-23H,7-19H2;1H4. The van der Waals surface area contributed by atoms with E-state index in [-0.39, 0.29) is 26.5 Å². The van der Waals surface area contributed by atoms with Gasteiger partial charge in [-0.15, -0.1) is 6.42 Å². The number of terminal acetylenes is 1. The molecule has 6 amide bonds. The molecule has 4 saturated heterocycles. The summed E-state index contributed by atoms with van der Waals surface area (Å²) in [5.41, 5.74) is 2.10. The molecule has 11 heteroatoms. The highest BCUT2D eigenvalue weighted by molar-refractivity contribution is 6.04. The molecule has 1 unspecified atom stereocenters. The summed E-state index contributed by atoms with van der Waals surface area (Å²) in [5.74, 6) is 2.48. The summed E-state index contributed by atoms with van der Waals surface area (Å²) < 4.78 is 5.30. The van der Waals surface area contributed by atoms with Gasteiger partial charge in [0.05, 0.1) is 19.8 Å². The fraction of sp³-hybridized carbons (Fsp3) is 0.571. The van der Waals surface area contributed by atoms with Crippen LogP contribution in [0, 0.1) is 18.3 Å².